The molecule has 0 saturated heterocycles. The lowest BCUT2D eigenvalue weighted by molar-refractivity contribution is 0.0785. The molecule has 3 aromatic carbocycles. The van der Waals surface area contributed by atoms with Gasteiger partial charge in [0.15, 0.2) is 0 Å². The minimum absolute atomic E-state index is 0.104. The summed E-state index contributed by atoms with van der Waals surface area (Å²) < 4.78 is 37.0. The third-order valence-corrected chi connectivity index (χ3v) is 6.37. The number of hydrogen-bond acceptors (Lipinski definition) is 5. The first-order valence-corrected chi connectivity index (χ1v) is 11.2. The van der Waals surface area contributed by atoms with Crippen molar-refractivity contribution in [1.82, 2.24) is 9.62 Å². The molecule has 0 spiro atoms. The maximum atomic E-state index is 12.8. The van der Waals surface area contributed by atoms with Crippen LogP contribution in [-0.4, -0.2) is 53.6 Å². The Morgan fingerprint density at radius 1 is 0.968 bits per heavy atom. The largest absolute Gasteiger partial charge is 0.497 e. The molecule has 7 nitrogen and oxygen atoms in total. The van der Waals surface area contributed by atoms with Crippen molar-refractivity contribution in [2.45, 2.75) is 11.4 Å². The number of carbonyl (C=O) groups is 1. The Labute approximate surface area is 182 Å². The second kappa shape index (κ2) is 9.91. The van der Waals surface area contributed by atoms with E-state index in [-0.39, 0.29) is 24.0 Å². The van der Waals surface area contributed by atoms with Gasteiger partial charge in [-0.15, -0.1) is 0 Å². The summed E-state index contributed by atoms with van der Waals surface area (Å²) in [6.45, 7) is 0.892. The summed E-state index contributed by atoms with van der Waals surface area (Å²) in [6, 6.07) is 17.8. The first-order chi connectivity index (χ1) is 14.8. The minimum Gasteiger partial charge on any atom is -0.497 e. The van der Waals surface area contributed by atoms with Gasteiger partial charge in [0.05, 0.1) is 18.6 Å². The number of fused-ring (bicyclic) bond motifs is 1. The van der Waals surface area contributed by atoms with Crippen LogP contribution < -0.4 is 9.46 Å². The van der Waals surface area contributed by atoms with Crippen molar-refractivity contribution in [3.8, 4) is 5.75 Å². The SMILES string of the molecule is COCCNS(=O)(=O)c1ccc(C(=O)N(C)Cc2ccc3cc(OC)ccc3c2)cc1. The molecular formula is C23H26N2O5S. The number of carbonyl (C=O) groups excluding carboxylic acids is 1. The van der Waals surface area contributed by atoms with Crippen molar-refractivity contribution >= 4 is 26.7 Å². The van der Waals surface area contributed by atoms with Crippen LogP contribution in [0.1, 0.15) is 15.9 Å². The molecule has 0 aliphatic carbocycles. The molecular weight excluding hydrogens is 416 g/mol. The van der Waals surface area contributed by atoms with Crippen molar-refractivity contribution < 1.29 is 22.7 Å². The van der Waals surface area contributed by atoms with E-state index < -0.39 is 10.0 Å². The van der Waals surface area contributed by atoms with Gasteiger partial charge in [0.25, 0.3) is 5.91 Å². The Bertz CT molecular complexity index is 1160. The lowest BCUT2D eigenvalue weighted by atomic mass is 10.1. The Balaban J connectivity index is 1.69. The molecule has 0 heterocycles. The molecule has 8 heteroatoms. The van der Waals surface area contributed by atoms with Crippen molar-refractivity contribution in [2.75, 3.05) is 34.4 Å². The molecule has 1 N–H and O–H groups in total. The second-order valence-electron chi connectivity index (χ2n) is 7.12. The van der Waals surface area contributed by atoms with Crippen LogP contribution in [0.15, 0.2) is 65.6 Å². The molecule has 0 bridgehead atoms. The van der Waals surface area contributed by atoms with E-state index in [9.17, 15) is 13.2 Å². The first-order valence-electron chi connectivity index (χ1n) is 9.75. The zero-order valence-corrected chi connectivity index (χ0v) is 18.6. The molecule has 0 saturated carbocycles. The Morgan fingerprint density at radius 3 is 2.32 bits per heavy atom. The highest BCUT2D eigenvalue weighted by atomic mass is 32.2. The van der Waals surface area contributed by atoms with Gasteiger partial charge in [0.2, 0.25) is 10.0 Å². The highest BCUT2D eigenvalue weighted by Gasteiger charge is 2.16. The van der Waals surface area contributed by atoms with Crippen LogP contribution in [0.4, 0.5) is 0 Å². The Morgan fingerprint density at radius 2 is 1.65 bits per heavy atom. The van der Waals surface area contributed by atoms with Crippen LogP contribution in [0.25, 0.3) is 10.8 Å². The van der Waals surface area contributed by atoms with Crippen LogP contribution >= 0.6 is 0 Å². The van der Waals surface area contributed by atoms with Crippen LogP contribution in [-0.2, 0) is 21.3 Å². The van der Waals surface area contributed by atoms with Crippen LogP contribution in [0, 0.1) is 0 Å². The fourth-order valence-corrected chi connectivity index (χ4v) is 4.22. The van der Waals surface area contributed by atoms with Crippen molar-refractivity contribution in [3.05, 3.63) is 71.8 Å². The maximum absolute atomic E-state index is 12.8. The van der Waals surface area contributed by atoms with E-state index in [1.54, 1.807) is 19.1 Å². The van der Waals surface area contributed by atoms with E-state index in [0.29, 0.717) is 12.1 Å². The molecule has 0 aromatic heterocycles. The average molecular weight is 443 g/mol. The Hall–Kier alpha value is -2.94. The van der Waals surface area contributed by atoms with E-state index in [0.717, 1.165) is 22.1 Å². The minimum atomic E-state index is -3.63. The molecule has 0 atom stereocenters. The first kappa shape index (κ1) is 22.7. The Kier molecular flexibility index (Phi) is 7.27. The molecule has 1 amide bonds. The molecule has 31 heavy (non-hydrogen) atoms. The summed E-state index contributed by atoms with van der Waals surface area (Å²) in [5.41, 5.74) is 1.42. The lowest BCUT2D eigenvalue weighted by Gasteiger charge is -2.18. The zero-order valence-electron chi connectivity index (χ0n) is 17.8. The summed E-state index contributed by atoms with van der Waals surface area (Å²) in [5, 5.41) is 2.13. The zero-order chi connectivity index (χ0) is 22.4. The van der Waals surface area contributed by atoms with Gasteiger partial charge in [-0.1, -0.05) is 18.2 Å². The highest BCUT2D eigenvalue weighted by Crippen LogP contribution is 2.22. The van der Waals surface area contributed by atoms with E-state index in [2.05, 4.69) is 4.72 Å². The summed E-state index contributed by atoms with van der Waals surface area (Å²) in [5.74, 6) is 0.609. The number of rotatable bonds is 9. The van der Waals surface area contributed by atoms with Gasteiger partial charge in [-0.25, -0.2) is 13.1 Å². The number of nitrogens with one attached hydrogen (secondary N) is 1. The predicted molar refractivity (Wildman–Crippen MR) is 120 cm³/mol. The van der Waals surface area contributed by atoms with E-state index >= 15 is 0 Å². The van der Waals surface area contributed by atoms with Gasteiger partial charge >= 0.3 is 0 Å². The molecule has 3 aromatic rings. The van der Waals surface area contributed by atoms with E-state index in [1.807, 2.05) is 36.4 Å². The number of methoxy groups -OCH3 is 2. The standard InChI is InChI=1S/C23H26N2O5S/c1-25(16-17-4-5-20-15-21(30-3)9-6-19(20)14-17)23(26)18-7-10-22(11-8-18)31(27,28)24-12-13-29-2/h4-11,14-15,24H,12-13,16H2,1-3H3. The molecule has 164 valence electrons. The van der Waals surface area contributed by atoms with Gasteiger partial charge in [0.1, 0.15) is 5.75 Å². The van der Waals surface area contributed by atoms with Crippen LogP contribution in [0.3, 0.4) is 0 Å². The maximum Gasteiger partial charge on any atom is 0.253 e. The van der Waals surface area contributed by atoms with E-state index in [4.69, 9.17) is 9.47 Å². The number of amides is 1. The van der Waals surface area contributed by atoms with Crippen molar-refractivity contribution in [3.63, 3.8) is 0 Å². The molecule has 0 aliphatic rings. The van der Waals surface area contributed by atoms with Gasteiger partial charge in [-0.2, -0.15) is 0 Å². The molecule has 0 radical (unpaired) electrons. The van der Waals surface area contributed by atoms with Crippen LogP contribution in [0.5, 0.6) is 5.75 Å². The summed E-state index contributed by atoms with van der Waals surface area (Å²) >= 11 is 0. The monoisotopic (exact) mass is 442 g/mol. The average Bonchev–Trinajstić information content (AvgIpc) is 2.78. The number of hydrogen-bond donors (Lipinski definition) is 1. The topological polar surface area (TPSA) is 84.9 Å². The summed E-state index contributed by atoms with van der Waals surface area (Å²) in [4.78, 5) is 14.5. The number of sulfonamides is 1. The quantitative estimate of drug-likeness (QED) is 0.515. The van der Waals surface area contributed by atoms with Gasteiger partial charge in [0, 0.05) is 32.8 Å². The fourth-order valence-electron chi connectivity index (χ4n) is 3.20. The smallest absolute Gasteiger partial charge is 0.253 e. The molecule has 0 aliphatic heterocycles. The number of ether oxygens (including phenoxy) is 2. The predicted octanol–water partition coefficient (Wildman–Crippen LogP) is 3.05. The summed E-state index contributed by atoms with van der Waals surface area (Å²) in [6.07, 6.45) is 0. The molecule has 0 unspecified atom stereocenters. The fraction of sp³-hybridized carbons (Fsp3) is 0.261. The number of nitrogens with zero attached hydrogens (tertiary/aromatic N) is 1. The highest BCUT2D eigenvalue weighted by molar-refractivity contribution is 7.89. The molecule has 3 rings (SSSR count). The van der Waals surface area contributed by atoms with Gasteiger partial charge < -0.3 is 14.4 Å². The summed E-state index contributed by atoms with van der Waals surface area (Å²) in [7, 11) is 1.22. The third kappa shape index (κ3) is 5.61. The van der Waals surface area contributed by atoms with E-state index in [1.165, 1.54) is 31.4 Å². The van der Waals surface area contributed by atoms with Gasteiger partial charge in [-0.05, 0) is 58.8 Å². The lowest BCUT2D eigenvalue weighted by Crippen LogP contribution is -2.28. The van der Waals surface area contributed by atoms with Crippen molar-refractivity contribution in [2.24, 2.45) is 0 Å². The van der Waals surface area contributed by atoms with Gasteiger partial charge in [-0.3, -0.25) is 4.79 Å². The molecule has 0 fully saturated rings. The van der Waals surface area contributed by atoms with Crippen LogP contribution in [0.2, 0.25) is 0 Å². The van der Waals surface area contributed by atoms with Crippen molar-refractivity contribution in [1.29, 1.82) is 0 Å². The number of benzene rings is 3. The second-order valence-corrected chi connectivity index (χ2v) is 8.89. The normalized spacial score (nSPS) is 11.5. The third-order valence-electron chi connectivity index (χ3n) is 4.89.